The minimum absolute atomic E-state index is 0.0674. The molecular weight excluding hydrogens is 313 g/mol. The second kappa shape index (κ2) is 8.10. The van der Waals surface area contributed by atoms with E-state index in [-0.39, 0.29) is 18.7 Å². The van der Waals surface area contributed by atoms with E-state index in [0.29, 0.717) is 17.1 Å². The fraction of sp³-hybridized carbons (Fsp3) is 0.222. The van der Waals surface area contributed by atoms with E-state index in [4.69, 9.17) is 15.2 Å². The number of hydrogen-bond acceptors (Lipinski definition) is 4. The molecular formula is C18H18FNO4. The van der Waals surface area contributed by atoms with Gasteiger partial charge in [0, 0.05) is 0 Å². The molecule has 0 unspecified atom stereocenters. The Morgan fingerprint density at radius 1 is 1.08 bits per heavy atom. The van der Waals surface area contributed by atoms with Crippen molar-refractivity contribution in [3.05, 3.63) is 59.9 Å². The fourth-order valence-electron chi connectivity index (χ4n) is 1.97. The van der Waals surface area contributed by atoms with Gasteiger partial charge in [-0.15, -0.1) is 0 Å². The molecule has 0 aliphatic heterocycles. The predicted octanol–water partition coefficient (Wildman–Crippen LogP) is 2.62. The maximum absolute atomic E-state index is 13.5. The van der Waals surface area contributed by atoms with Crippen molar-refractivity contribution in [2.75, 3.05) is 0 Å². The summed E-state index contributed by atoms with van der Waals surface area (Å²) in [6.07, 6.45) is -0.417. The van der Waals surface area contributed by atoms with Crippen LogP contribution in [0.25, 0.3) is 0 Å². The van der Waals surface area contributed by atoms with Crippen molar-refractivity contribution in [3.8, 4) is 11.5 Å². The summed E-state index contributed by atoms with van der Waals surface area (Å²) in [4.78, 5) is 22.7. The zero-order valence-corrected chi connectivity index (χ0v) is 13.2. The van der Waals surface area contributed by atoms with E-state index in [0.717, 1.165) is 0 Å². The van der Waals surface area contributed by atoms with Crippen molar-refractivity contribution in [1.82, 2.24) is 0 Å². The highest BCUT2D eigenvalue weighted by Gasteiger charge is 2.11. The quantitative estimate of drug-likeness (QED) is 0.625. The maximum atomic E-state index is 13.5. The van der Waals surface area contributed by atoms with Crippen LogP contribution in [0, 0.1) is 5.82 Å². The van der Waals surface area contributed by atoms with Crippen LogP contribution in [0.15, 0.2) is 48.5 Å². The number of benzene rings is 2. The molecule has 5 nitrogen and oxygen atoms in total. The first kappa shape index (κ1) is 17.5. The van der Waals surface area contributed by atoms with Crippen LogP contribution in [0.1, 0.15) is 18.9 Å². The molecule has 1 atom stereocenters. The summed E-state index contributed by atoms with van der Waals surface area (Å²) in [5, 5.41) is 0. The summed E-state index contributed by atoms with van der Waals surface area (Å²) in [5.41, 5.74) is 5.58. The number of ether oxygens (including phenoxy) is 2. The molecule has 0 bridgehead atoms. The van der Waals surface area contributed by atoms with Crippen LogP contribution in [0.5, 0.6) is 11.5 Å². The highest BCUT2D eigenvalue weighted by atomic mass is 19.1. The van der Waals surface area contributed by atoms with Gasteiger partial charge in [-0.25, -0.2) is 4.39 Å². The van der Waals surface area contributed by atoms with Crippen LogP contribution >= 0.6 is 0 Å². The van der Waals surface area contributed by atoms with E-state index in [1.54, 1.807) is 49.4 Å². The zero-order chi connectivity index (χ0) is 17.5. The second-order valence-electron chi connectivity index (χ2n) is 5.20. The van der Waals surface area contributed by atoms with Crippen molar-refractivity contribution in [2.24, 2.45) is 5.73 Å². The standard InChI is InChI=1S/C18H18FNO4/c1-12(18(20)22)23-14-7-9-15(10-8-14)24-17(21)11-6-13-4-2-3-5-16(13)19/h2-5,7-10,12H,6,11H2,1H3,(H2,20,22)/t12-/m0/s1. The molecule has 0 heterocycles. The third-order valence-electron chi connectivity index (χ3n) is 3.33. The number of carbonyl (C=O) groups is 2. The van der Waals surface area contributed by atoms with Crippen molar-refractivity contribution < 1.29 is 23.5 Å². The number of halogens is 1. The molecule has 2 aromatic rings. The molecule has 126 valence electrons. The lowest BCUT2D eigenvalue weighted by Crippen LogP contribution is -2.30. The molecule has 2 rings (SSSR count). The molecule has 0 spiro atoms. The smallest absolute Gasteiger partial charge is 0.311 e. The summed E-state index contributed by atoms with van der Waals surface area (Å²) >= 11 is 0. The van der Waals surface area contributed by atoms with Gasteiger partial charge in [0.25, 0.3) is 5.91 Å². The van der Waals surface area contributed by atoms with Crippen LogP contribution in [-0.2, 0) is 16.0 Å². The van der Waals surface area contributed by atoms with Crippen LogP contribution in [0.4, 0.5) is 4.39 Å². The van der Waals surface area contributed by atoms with Gasteiger partial charge < -0.3 is 15.2 Å². The minimum atomic E-state index is -0.751. The molecule has 2 aromatic carbocycles. The molecule has 0 fully saturated rings. The van der Waals surface area contributed by atoms with Gasteiger partial charge in [-0.2, -0.15) is 0 Å². The first-order chi connectivity index (χ1) is 11.5. The molecule has 0 saturated heterocycles. The van der Waals surface area contributed by atoms with Crippen molar-refractivity contribution >= 4 is 11.9 Å². The van der Waals surface area contributed by atoms with Crippen LogP contribution < -0.4 is 15.2 Å². The molecule has 24 heavy (non-hydrogen) atoms. The molecule has 0 aliphatic rings. The van der Waals surface area contributed by atoms with E-state index < -0.39 is 18.0 Å². The monoisotopic (exact) mass is 331 g/mol. The Balaban J connectivity index is 1.86. The third-order valence-corrected chi connectivity index (χ3v) is 3.33. The molecule has 0 radical (unpaired) electrons. The lowest BCUT2D eigenvalue weighted by atomic mass is 10.1. The zero-order valence-electron chi connectivity index (χ0n) is 13.2. The van der Waals surface area contributed by atoms with Crippen LogP contribution in [0.3, 0.4) is 0 Å². The topological polar surface area (TPSA) is 78.6 Å². The molecule has 1 amide bonds. The summed E-state index contributed by atoms with van der Waals surface area (Å²) < 4.78 is 23.9. The van der Waals surface area contributed by atoms with E-state index in [2.05, 4.69) is 0 Å². The summed E-state index contributed by atoms with van der Waals surface area (Å²) in [5.74, 6) is -0.591. The Bertz CT molecular complexity index is 715. The number of nitrogens with two attached hydrogens (primary N) is 1. The third kappa shape index (κ3) is 5.08. The molecule has 0 saturated carbocycles. The number of carbonyl (C=O) groups excluding carboxylic acids is 2. The number of amides is 1. The molecule has 0 aromatic heterocycles. The largest absolute Gasteiger partial charge is 0.481 e. The van der Waals surface area contributed by atoms with E-state index in [1.165, 1.54) is 6.07 Å². The Kier molecular flexibility index (Phi) is 5.89. The molecule has 6 heteroatoms. The molecule has 0 aliphatic carbocycles. The summed E-state index contributed by atoms with van der Waals surface area (Å²) in [6, 6.07) is 12.5. The Morgan fingerprint density at radius 2 is 1.71 bits per heavy atom. The van der Waals surface area contributed by atoms with Crippen molar-refractivity contribution in [3.63, 3.8) is 0 Å². The first-order valence-electron chi connectivity index (χ1n) is 7.46. The number of hydrogen-bond donors (Lipinski definition) is 1. The summed E-state index contributed by atoms with van der Waals surface area (Å²) in [6.45, 7) is 1.54. The lowest BCUT2D eigenvalue weighted by molar-refractivity contribution is -0.134. The number of primary amides is 1. The van der Waals surface area contributed by atoms with Gasteiger partial charge >= 0.3 is 5.97 Å². The van der Waals surface area contributed by atoms with Gasteiger partial charge in [-0.1, -0.05) is 18.2 Å². The molecule has 2 N–H and O–H groups in total. The van der Waals surface area contributed by atoms with Gasteiger partial charge in [0.2, 0.25) is 0 Å². The van der Waals surface area contributed by atoms with E-state index in [1.807, 2.05) is 0 Å². The van der Waals surface area contributed by atoms with Crippen LogP contribution in [0.2, 0.25) is 0 Å². The van der Waals surface area contributed by atoms with Crippen molar-refractivity contribution in [1.29, 1.82) is 0 Å². The number of rotatable bonds is 7. The minimum Gasteiger partial charge on any atom is -0.481 e. The predicted molar refractivity (Wildman–Crippen MR) is 86.1 cm³/mol. The second-order valence-corrected chi connectivity index (χ2v) is 5.20. The lowest BCUT2D eigenvalue weighted by Gasteiger charge is -2.11. The van der Waals surface area contributed by atoms with Crippen molar-refractivity contribution in [2.45, 2.75) is 25.9 Å². The van der Waals surface area contributed by atoms with Gasteiger partial charge in [0.1, 0.15) is 17.3 Å². The summed E-state index contributed by atoms with van der Waals surface area (Å²) in [7, 11) is 0. The number of esters is 1. The normalized spacial score (nSPS) is 11.6. The van der Waals surface area contributed by atoms with Gasteiger partial charge in [-0.05, 0) is 49.2 Å². The highest BCUT2D eigenvalue weighted by molar-refractivity contribution is 5.78. The SMILES string of the molecule is C[C@H](Oc1ccc(OC(=O)CCc2ccccc2F)cc1)C(N)=O. The maximum Gasteiger partial charge on any atom is 0.311 e. The average molecular weight is 331 g/mol. The Labute approximate surface area is 139 Å². The van der Waals surface area contributed by atoms with Crippen LogP contribution in [-0.4, -0.2) is 18.0 Å². The van der Waals surface area contributed by atoms with Gasteiger partial charge in [-0.3, -0.25) is 9.59 Å². The fourth-order valence-corrected chi connectivity index (χ4v) is 1.97. The van der Waals surface area contributed by atoms with E-state index >= 15 is 0 Å². The van der Waals surface area contributed by atoms with Gasteiger partial charge in [0.05, 0.1) is 6.42 Å². The highest BCUT2D eigenvalue weighted by Crippen LogP contribution is 2.19. The Morgan fingerprint density at radius 3 is 2.33 bits per heavy atom. The van der Waals surface area contributed by atoms with E-state index in [9.17, 15) is 14.0 Å². The number of aryl methyl sites for hydroxylation is 1. The Hall–Kier alpha value is -2.89. The van der Waals surface area contributed by atoms with Gasteiger partial charge in [0.15, 0.2) is 6.10 Å². The average Bonchev–Trinajstić information content (AvgIpc) is 2.56. The first-order valence-corrected chi connectivity index (χ1v) is 7.46.